The maximum atomic E-state index is 12.4. The number of amides is 1. The van der Waals surface area contributed by atoms with Crippen molar-refractivity contribution >= 4 is 33.0 Å². The smallest absolute Gasteiger partial charge is 0.263 e. The van der Waals surface area contributed by atoms with E-state index < -0.39 is 0 Å². The first-order valence-corrected chi connectivity index (χ1v) is 7.42. The molecule has 1 aromatic heterocycles. The average Bonchev–Trinajstić information content (AvgIpc) is 2.67. The predicted molar refractivity (Wildman–Crippen MR) is 80.7 cm³/mol. The van der Waals surface area contributed by atoms with Crippen LogP contribution in [-0.4, -0.2) is 11.4 Å². The van der Waals surface area contributed by atoms with E-state index in [4.69, 9.17) is 5.73 Å². The first kappa shape index (κ1) is 12.5. The monoisotopic (exact) mass is 274 g/mol. The quantitative estimate of drug-likeness (QED) is 0.881. The molecule has 0 bridgehead atoms. The van der Waals surface area contributed by atoms with Crippen molar-refractivity contribution in [1.29, 1.82) is 0 Å². The molecular formula is C15H18N2OS. The average molecular weight is 274 g/mol. The number of thiophene rings is 1. The van der Waals surface area contributed by atoms with Gasteiger partial charge < -0.3 is 11.1 Å². The fraction of sp³-hybridized carbons (Fsp3) is 0.400. The third-order valence-electron chi connectivity index (χ3n) is 4.03. The van der Waals surface area contributed by atoms with E-state index in [-0.39, 0.29) is 11.4 Å². The summed E-state index contributed by atoms with van der Waals surface area (Å²) in [6.07, 6.45) is 3.31. The van der Waals surface area contributed by atoms with Crippen molar-refractivity contribution in [2.45, 2.75) is 38.6 Å². The highest BCUT2D eigenvalue weighted by atomic mass is 32.1. The summed E-state index contributed by atoms with van der Waals surface area (Å²) in [5.74, 6) is -0.0275. The van der Waals surface area contributed by atoms with Gasteiger partial charge >= 0.3 is 0 Å². The number of nitrogens with one attached hydrogen (secondary N) is 1. The highest BCUT2D eigenvalue weighted by Crippen LogP contribution is 2.37. The lowest BCUT2D eigenvalue weighted by Gasteiger charge is -2.39. The Hall–Kier alpha value is -1.55. The fourth-order valence-corrected chi connectivity index (χ4v) is 3.70. The number of fused-ring (bicyclic) bond motifs is 1. The van der Waals surface area contributed by atoms with Gasteiger partial charge in [-0.25, -0.2) is 0 Å². The van der Waals surface area contributed by atoms with Crippen LogP contribution in [0.25, 0.3) is 10.1 Å². The Morgan fingerprint density at radius 1 is 1.42 bits per heavy atom. The van der Waals surface area contributed by atoms with Crippen LogP contribution in [0.15, 0.2) is 18.2 Å². The molecule has 0 radical (unpaired) electrons. The van der Waals surface area contributed by atoms with Crippen molar-refractivity contribution in [3.63, 3.8) is 0 Å². The maximum Gasteiger partial charge on any atom is 0.263 e. The zero-order valence-corrected chi connectivity index (χ0v) is 12.1. The lowest BCUT2D eigenvalue weighted by Crippen LogP contribution is -2.50. The van der Waals surface area contributed by atoms with Crippen molar-refractivity contribution in [2.24, 2.45) is 0 Å². The van der Waals surface area contributed by atoms with Crippen molar-refractivity contribution in [3.8, 4) is 0 Å². The molecule has 0 saturated heterocycles. The van der Waals surface area contributed by atoms with Gasteiger partial charge in [0.05, 0.1) is 5.69 Å². The second kappa shape index (κ2) is 4.23. The predicted octanol–water partition coefficient (Wildman–Crippen LogP) is 3.46. The molecular weight excluding hydrogens is 256 g/mol. The van der Waals surface area contributed by atoms with Crippen LogP contribution in [0, 0.1) is 6.92 Å². The Kier molecular flexibility index (Phi) is 2.78. The van der Waals surface area contributed by atoms with Crippen LogP contribution in [0.2, 0.25) is 0 Å². The van der Waals surface area contributed by atoms with Crippen molar-refractivity contribution < 1.29 is 4.79 Å². The lowest BCUT2D eigenvalue weighted by atomic mass is 9.78. The molecule has 2 aromatic rings. The van der Waals surface area contributed by atoms with Gasteiger partial charge in [0.1, 0.15) is 4.88 Å². The Morgan fingerprint density at radius 3 is 2.74 bits per heavy atom. The lowest BCUT2D eigenvalue weighted by molar-refractivity contribution is 0.0855. The van der Waals surface area contributed by atoms with Gasteiger partial charge in [-0.2, -0.15) is 0 Å². The SMILES string of the molecule is Cc1cccc2c(N)c(C(=O)NC3(C)CCC3)sc12. The van der Waals surface area contributed by atoms with Crippen LogP contribution >= 0.6 is 11.3 Å². The molecule has 1 fully saturated rings. The summed E-state index contributed by atoms with van der Waals surface area (Å²) in [6, 6.07) is 6.01. The zero-order chi connectivity index (χ0) is 13.6. The first-order chi connectivity index (χ1) is 9.00. The number of hydrogen-bond donors (Lipinski definition) is 2. The number of hydrogen-bond acceptors (Lipinski definition) is 3. The largest absolute Gasteiger partial charge is 0.397 e. The molecule has 1 heterocycles. The second-order valence-corrected chi connectivity index (χ2v) is 6.69. The van der Waals surface area contributed by atoms with Crippen LogP contribution in [0.1, 0.15) is 41.4 Å². The molecule has 3 N–H and O–H groups in total. The van der Waals surface area contributed by atoms with Gasteiger partial charge in [-0.3, -0.25) is 4.79 Å². The summed E-state index contributed by atoms with van der Waals surface area (Å²) < 4.78 is 1.11. The summed E-state index contributed by atoms with van der Waals surface area (Å²) in [7, 11) is 0. The van der Waals surface area contributed by atoms with Crippen LogP contribution in [0.4, 0.5) is 5.69 Å². The highest BCUT2D eigenvalue weighted by molar-refractivity contribution is 7.21. The van der Waals surface area contributed by atoms with Gasteiger partial charge in [-0.15, -0.1) is 11.3 Å². The number of carbonyl (C=O) groups is 1. The van der Waals surface area contributed by atoms with E-state index in [9.17, 15) is 4.79 Å². The molecule has 3 rings (SSSR count). The molecule has 0 atom stereocenters. The normalized spacial score (nSPS) is 17.2. The van der Waals surface area contributed by atoms with Gasteiger partial charge in [-0.1, -0.05) is 18.2 Å². The van der Waals surface area contributed by atoms with E-state index >= 15 is 0 Å². The minimum atomic E-state index is -0.0330. The van der Waals surface area contributed by atoms with Gasteiger partial charge in [0, 0.05) is 15.6 Å². The number of aryl methyl sites for hydroxylation is 1. The summed E-state index contributed by atoms with van der Waals surface area (Å²) in [5, 5.41) is 4.12. The molecule has 4 heteroatoms. The van der Waals surface area contributed by atoms with Crippen molar-refractivity contribution in [2.75, 3.05) is 5.73 Å². The molecule has 1 saturated carbocycles. The number of anilines is 1. The second-order valence-electron chi connectivity index (χ2n) is 5.66. The van der Waals surface area contributed by atoms with E-state index in [1.165, 1.54) is 23.3 Å². The number of nitrogens with two attached hydrogens (primary N) is 1. The standard InChI is InChI=1S/C15H18N2OS/c1-9-5-3-6-10-11(16)13(19-12(9)10)14(18)17-15(2)7-4-8-15/h3,5-6H,4,7-8,16H2,1-2H3,(H,17,18). The summed E-state index contributed by atoms with van der Waals surface area (Å²) in [4.78, 5) is 13.0. The van der Waals surface area contributed by atoms with Gasteiger partial charge in [-0.05, 0) is 38.7 Å². The summed E-state index contributed by atoms with van der Waals surface area (Å²) in [6.45, 7) is 4.15. The molecule has 0 spiro atoms. The van der Waals surface area contributed by atoms with Gasteiger partial charge in [0.25, 0.3) is 5.91 Å². The molecule has 1 amide bonds. The Labute approximate surface area is 116 Å². The number of nitrogen functional groups attached to an aromatic ring is 1. The van der Waals surface area contributed by atoms with Crippen LogP contribution in [-0.2, 0) is 0 Å². The molecule has 1 aliphatic rings. The molecule has 1 aromatic carbocycles. The highest BCUT2D eigenvalue weighted by Gasteiger charge is 2.34. The van der Waals surface area contributed by atoms with Crippen LogP contribution in [0.3, 0.4) is 0 Å². The minimum Gasteiger partial charge on any atom is -0.397 e. The van der Waals surface area contributed by atoms with Crippen molar-refractivity contribution in [3.05, 3.63) is 28.6 Å². The van der Waals surface area contributed by atoms with Crippen LogP contribution in [0.5, 0.6) is 0 Å². The number of carbonyl (C=O) groups excluding carboxylic acids is 1. The molecule has 3 nitrogen and oxygen atoms in total. The van der Waals surface area contributed by atoms with E-state index in [2.05, 4.69) is 12.2 Å². The van der Waals surface area contributed by atoms with E-state index in [1.54, 1.807) is 0 Å². The van der Waals surface area contributed by atoms with Crippen molar-refractivity contribution in [1.82, 2.24) is 5.32 Å². The van der Waals surface area contributed by atoms with Crippen LogP contribution < -0.4 is 11.1 Å². The summed E-state index contributed by atoms with van der Waals surface area (Å²) >= 11 is 1.50. The topological polar surface area (TPSA) is 55.1 Å². The third kappa shape index (κ3) is 2.00. The fourth-order valence-electron chi connectivity index (χ4n) is 2.61. The number of benzene rings is 1. The first-order valence-electron chi connectivity index (χ1n) is 6.60. The Morgan fingerprint density at radius 2 is 2.16 bits per heavy atom. The maximum absolute atomic E-state index is 12.4. The molecule has 0 unspecified atom stereocenters. The Bertz CT molecular complexity index is 655. The molecule has 100 valence electrons. The minimum absolute atomic E-state index is 0.0275. The third-order valence-corrected chi connectivity index (χ3v) is 5.38. The summed E-state index contributed by atoms with van der Waals surface area (Å²) in [5.41, 5.74) is 7.89. The van der Waals surface area contributed by atoms with E-state index in [0.717, 1.165) is 22.9 Å². The number of rotatable bonds is 2. The van der Waals surface area contributed by atoms with Gasteiger partial charge in [0.2, 0.25) is 0 Å². The van der Waals surface area contributed by atoms with E-state index in [0.29, 0.717) is 10.6 Å². The Balaban J connectivity index is 1.98. The van der Waals surface area contributed by atoms with Gasteiger partial charge in [0.15, 0.2) is 0 Å². The molecule has 0 aliphatic heterocycles. The van der Waals surface area contributed by atoms with E-state index in [1.807, 2.05) is 25.1 Å². The molecule has 1 aliphatic carbocycles. The zero-order valence-electron chi connectivity index (χ0n) is 11.2. The molecule has 19 heavy (non-hydrogen) atoms.